The second kappa shape index (κ2) is 5.50. The number of anilines is 1. The van der Waals surface area contributed by atoms with Crippen LogP contribution < -0.4 is 10.5 Å². The third-order valence-electron chi connectivity index (χ3n) is 1.83. The molecule has 0 atom stereocenters. The molecule has 3 nitrogen and oxygen atoms in total. The molecule has 15 heavy (non-hydrogen) atoms. The minimum atomic E-state index is -2.61. The minimum Gasteiger partial charge on any atom is -0.493 e. The Morgan fingerprint density at radius 3 is 2.73 bits per heavy atom. The summed E-state index contributed by atoms with van der Waals surface area (Å²) in [5.74, 6) is 0.118. The Hall–Kier alpha value is -1.36. The van der Waals surface area contributed by atoms with E-state index in [2.05, 4.69) is 0 Å². The highest BCUT2D eigenvalue weighted by Gasteiger charge is 2.14. The molecule has 0 bridgehead atoms. The summed E-state index contributed by atoms with van der Waals surface area (Å²) in [7, 11) is 0. The first-order chi connectivity index (χ1) is 7.15. The zero-order valence-electron chi connectivity index (χ0n) is 8.12. The van der Waals surface area contributed by atoms with E-state index in [1.54, 1.807) is 0 Å². The lowest BCUT2D eigenvalue weighted by Crippen LogP contribution is -2.03. The third kappa shape index (κ3) is 3.36. The van der Waals surface area contributed by atoms with Crippen molar-refractivity contribution in [3.8, 4) is 5.75 Å². The predicted molar refractivity (Wildman–Crippen MR) is 53.0 cm³/mol. The monoisotopic (exact) mass is 217 g/mol. The van der Waals surface area contributed by atoms with Crippen molar-refractivity contribution >= 4 is 5.69 Å². The Morgan fingerprint density at radius 2 is 2.13 bits per heavy atom. The van der Waals surface area contributed by atoms with Crippen LogP contribution >= 0.6 is 0 Å². The van der Waals surface area contributed by atoms with Gasteiger partial charge in [-0.05, 0) is 18.2 Å². The van der Waals surface area contributed by atoms with Crippen molar-refractivity contribution < 1.29 is 18.6 Å². The van der Waals surface area contributed by atoms with Gasteiger partial charge in [-0.25, -0.2) is 8.78 Å². The van der Waals surface area contributed by atoms with Gasteiger partial charge in [0.05, 0.1) is 12.2 Å². The largest absolute Gasteiger partial charge is 0.493 e. The first kappa shape index (κ1) is 11.7. The second-order valence-electron chi connectivity index (χ2n) is 3.02. The number of hydrogen-bond acceptors (Lipinski definition) is 3. The summed E-state index contributed by atoms with van der Waals surface area (Å²) in [6.45, 7) is 0.180. The third-order valence-corrected chi connectivity index (χ3v) is 1.83. The molecule has 0 amide bonds. The van der Waals surface area contributed by atoms with E-state index >= 15 is 0 Å². The predicted octanol–water partition coefficient (Wildman–Crippen LogP) is 1.97. The maximum Gasteiger partial charge on any atom is 0.267 e. The number of hydrogen-bond donors (Lipinski definition) is 2. The molecule has 1 aromatic rings. The van der Waals surface area contributed by atoms with Gasteiger partial charge in [-0.2, -0.15) is 0 Å². The fraction of sp³-hybridized carbons (Fsp3) is 0.400. The van der Waals surface area contributed by atoms with Gasteiger partial charge in [0.15, 0.2) is 0 Å². The quantitative estimate of drug-likeness (QED) is 0.585. The van der Waals surface area contributed by atoms with E-state index in [4.69, 9.17) is 15.6 Å². The lowest BCUT2D eigenvalue weighted by molar-refractivity contribution is 0.144. The average molecular weight is 217 g/mol. The van der Waals surface area contributed by atoms with Gasteiger partial charge in [0.2, 0.25) is 0 Å². The molecule has 0 aliphatic carbocycles. The van der Waals surface area contributed by atoms with Gasteiger partial charge in [-0.1, -0.05) is 0 Å². The smallest absolute Gasteiger partial charge is 0.267 e. The number of rotatable bonds is 5. The SMILES string of the molecule is Nc1ccc(OCCCO)c(C(F)F)c1. The van der Waals surface area contributed by atoms with Gasteiger partial charge in [0.1, 0.15) is 5.75 Å². The van der Waals surface area contributed by atoms with Crippen molar-refractivity contribution in [1.82, 2.24) is 0 Å². The summed E-state index contributed by atoms with van der Waals surface area (Å²) in [6.07, 6.45) is -2.20. The van der Waals surface area contributed by atoms with Gasteiger partial charge in [-0.3, -0.25) is 0 Å². The Bertz CT molecular complexity index is 318. The molecule has 0 aromatic heterocycles. The van der Waals surface area contributed by atoms with Gasteiger partial charge < -0.3 is 15.6 Å². The number of ether oxygens (including phenoxy) is 1. The van der Waals surface area contributed by atoms with Crippen LogP contribution in [0.4, 0.5) is 14.5 Å². The van der Waals surface area contributed by atoms with Crippen molar-refractivity contribution in [2.45, 2.75) is 12.8 Å². The summed E-state index contributed by atoms with van der Waals surface area (Å²) in [5.41, 5.74) is 5.45. The number of halogens is 2. The number of aliphatic hydroxyl groups excluding tert-OH is 1. The molecule has 0 fully saturated rings. The van der Waals surface area contributed by atoms with Crippen LogP contribution in [0.1, 0.15) is 18.4 Å². The van der Waals surface area contributed by atoms with Crippen LogP contribution in [-0.4, -0.2) is 18.3 Å². The number of aliphatic hydroxyl groups is 1. The number of benzene rings is 1. The lowest BCUT2D eigenvalue weighted by atomic mass is 10.2. The van der Waals surface area contributed by atoms with E-state index in [1.165, 1.54) is 18.2 Å². The van der Waals surface area contributed by atoms with E-state index in [1.807, 2.05) is 0 Å². The molecule has 1 rings (SSSR count). The normalized spacial score (nSPS) is 10.7. The molecular formula is C10H13F2NO2. The molecule has 0 saturated heterocycles. The highest BCUT2D eigenvalue weighted by Crippen LogP contribution is 2.30. The van der Waals surface area contributed by atoms with E-state index in [9.17, 15) is 8.78 Å². The highest BCUT2D eigenvalue weighted by molar-refractivity contribution is 5.48. The second-order valence-corrected chi connectivity index (χ2v) is 3.02. The fourth-order valence-electron chi connectivity index (χ4n) is 1.12. The molecule has 0 unspecified atom stereocenters. The Kier molecular flexibility index (Phi) is 4.30. The Labute approximate surface area is 86.5 Å². The Balaban J connectivity index is 2.77. The highest BCUT2D eigenvalue weighted by atomic mass is 19.3. The lowest BCUT2D eigenvalue weighted by Gasteiger charge is -2.11. The Morgan fingerprint density at radius 1 is 1.40 bits per heavy atom. The van der Waals surface area contributed by atoms with E-state index < -0.39 is 6.43 Å². The van der Waals surface area contributed by atoms with Crippen molar-refractivity contribution in [3.05, 3.63) is 23.8 Å². The molecule has 0 spiro atoms. The van der Waals surface area contributed by atoms with E-state index in [-0.39, 0.29) is 30.2 Å². The number of alkyl halides is 2. The van der Waals surface area contributed by atoms with Crippen LogP contribution in [0.5, 0.6) is 5.75 Å². The molecule has 84 valence electrons. The first-order valence-corrected chi connectivity index (χ1v) is 4.56. The zero-order chi connectivity index (χ0) is 11.3. The van der Waals surface area contributed by atoms with Crippen molar-refractivity contribution in [1.29, 1.82) is 0 Å². The summed E-state index contributed by atoms with van der Waals surface area (Å²) < 4.78 is 30.2. The average Bonchev–Trinajstić information content (AvgIpc) is 2.20. The molecule has 0 saturated carbocycles. The number of nitrogen functional groups attached to an aromatic ring is 1. The number of nitrogens with two attached hydrogens (primary N) is 1. The van der Waals surface area contributed by atoms with Gasteiger partial charge in [0, 0.05) is 18.7 Å². The van der Waals surface area contributed by atoms with Crippen LogP contribution in [0, 0.1) is 0 Å². The van der Waals surface area contributed by atoms with Crippen molar-refractivity contribution in [2.24, 2.45) is 0 Å². The molecule has 3 N–H and O–H groups in total. The van der Waals surface area contributed by atoms with Crippen LogP contribution in [0.15, 0.2) is 18.2 Å². The summed E-state index contributed by atoms with van der Waals surface area (Å²) in [5, 5.41) is 8.52. The van der Waals surface area contributed by atoms with Gasteiger partial charge in [0.25, 0.3) is 6.43 Å². The van der Waals surface area contributed by atoms with Gasteiger partial charge >= 0.3 is 0 Å². The zero-order valence-corrected chi connectivity index (χ0v) is 8.12. The van der Waals surface area contributed by atoms with Crippen LogP contribution in [0.25, 0.3) is 0 Å². The molecule has 5 heteroatoms. The standard InChI is InChI=1S/C10H13F2NO2/c11-10(12)8-6-7(13)2-3-9(8)15-5-1-4-14/h2-3,6,10,14H,1,4-5,13H2. The molecule has 0 heterocycles. The summed E-state index contributed by atoms with van der Waals surface area (Å²) >= 11 is 0. The first-order valence-electron chi connectivity index (χ1n) is 4.56. The summed E-state index contributed by atoms with van der Waals surface area (Å²) in [4.78, 5) is 0. The molecule has 0 radical (unpaired) electrons. The van der Waals surface area contributed by atoms with E-state index in [0.717, 1.165) is 0 Å². The van der Waals surface area contributed by atoms with Crippen LogP contribution in [0.3, 0.4) is 0 Å². The van der Waals surface area contributed by atoms with E-state index in [0.29, 0.717) is 6.42 Å². The molecule has 1 aromatic carbocycles. The molecule has 0 aliphatic rings. The molecule has 0 aliphatic heterocycles. The fourth-order valence-corrected chi connectivity index (χ4v) is 1.12. The maximum absolute atomic E-state index is 12.5. The van der Waals surface area contributed by atoms with Crippen molar-refractivity contribution in [2.75, 3.05) is 18.9 Å². The maximum atomic E-state index is 12.5. The summed E-state index contributed by atoms with van der Waals surface area (Å²) in [6, 6.07) is 4.10. The molecular weight excluding hydrogens is 204 g/mol. The van der Waals surface area contributed by atoms with Crippen LogP contribution in [-0.2, 0) is 0 Å². The van der Waals surface area contributed by atoms with Crippen LogP contribution in [0.2, 0.25) is 0 Å². The minimum absolute atomic E-state index is 0.0288. The topological polar surface area (TPSA) is 55.5 Å². The van der Waals surface area contributed by atoms with Crippen molar-refractivity contribution in [3.63, 3.8) is 0 Å². The van der Waals surface area contributed by atoms with Gasteiger partial charge in [-0.15, -0.1) is 0 Å².